The summed E-state index contributed by atoms with van der Waals surface area (Å²) in [6.07, 6.45) is 2.90. The number of nitrogens with zero attached hydrogens (tertiary/aromatic N) is 2. The quantitative estimate of drug-likeness (QED) is 0.197. The molecule has 0 aliphatic carbocycles. The molecule has 0 aromatic heterocycles. The Morgan fingerprint density at radius 1 is 0.897 bits per heavy atom. The molecule has 0 radical (unpaired) electrons. The van der Waals surface area contributed by atoms with E-state index in [1.54, 1.807) is 0 Å². The summed E-state index contributed by atoms with van der Waals surface area (Å²) in [6.45, 7) is 5.73. The van der Waals surface area contributed by atoms with Gasteiger partial charge in [0.15, 0.2) is 0 Å². The first-order chi connectivity index (χ1) is 12.0. The maximum Gasteiger partial charge on any atom is 1.00 e. The summed E-state index contributed by atoms with van der Waals surface area (Å²) in [5.41, 5.74) is 0. The van der Waals surface area contributed by atoms with E-state index in [4.69, 9.17) is 5.11 Å². The maximum atomic E-state index is 11.9. The molecule has 150 valence electrons. The number of carboxylic acids is 3. The largest absolute Gasteiger partial charge is 1.00 e. The summed E-state index contributed by atoms with van der Waals surface area (Å²) in [7, 11) is 0. The molecular weight excluding hydrogens is 461 g/mol. The minimum Gasteiger partial charge on any atom is -0.874 e. The molecule has 0 fully saturated rings. The van der Waals surface area contributed by atoms with E-state index in [1.165, 1.54) is 31.9 Å². The molecule has 29 heavy (non-hydrogen) atoms. The number of allylic oxidation sites excluding steroid dienone is 1. The predicted molar refractivity (Wildman–Crippen MR) is 87.1 cm³/mol. The van der Waals surface area contributed by atoms with E-state index < -0.39 is 36.0 Å². The van der Waals surface area contributed by atoms with Crippen molar-refractivity contribution in [2.75, 3.05) is 13.1 Å². The van der Waals surface area contributed by atoms with E-state index in [0.717, 1.165) is 11.3 Å². The van der Waals surface area contributed by atoms with Crippen molar-refractivity contribution < 1.29 is 189 Å². The van der Waals surface area contributed by atoms with Crippen molar-refractivity contribution in [1.82, 2.24) is 9.80 Å². The normalized spacial score (nSPS) is 13.8. The van der Waals surface area contributed by atoms with Crippen molar-refractivity contribution in [3.05, 3.63) is 12.0 Å². The Hall–Kier alpha value is 2.62. The maximum absolute atomic E-state index is 11.9. The fourth-order valence-corrected chi connectivity index (χ4v) is 2.34. The van der Waals surface area contributed by atoms with Gasteiger partial charge in [0.05, 0.1) is 18.0 Å². The monoisotopic (exact) mass is 488 g/mol. The Labute approximate surface area is 300 Å². The van der Waals surface area contributed by atoms with Crippen LogP contribution in [0.1, 0.15) is 47.0 Å². The summed E-state index contributed by atoms with van der Waals surface area (Å²) in [5, 5.41) is 43.4. The Bertz CT molecular complexity index is 515. The van der Waals surface area contributed by atoms with Gasteiger partial charge in [-0.15, -0.1) is 5.76 Å². The summed E-state index contributed by atoms with van der Waals surface area (Å²) in [6, 6.07) is -3.45. The number of rotatable bonds is 13. The SMILES string of the molecule is CCCC/C([O-])=C/N(CCN(C(C)C(=O)[O-])C(C)C(=O)O)C(C)C(=O)[O-].[K+].[K+].[K+]. The van der Waals surface area contributed by atoms with Crippen LogP contribution in [-0.4, -0.2) is 64.0 Å². The van der Waals surface area contributed by atoms with Gasteiger partial charge in [-0.25, -0.2) is 0 Å². The van der Waals surface area contributed by atoms with Crippen molar-refractivity contribution in [3.8, 4) is 0 Å². The number of carbonyl (C=O) groups excluding carboxylic acids is 2. The third-order valence-electron chi connectivity index (χ3n) is 4.23. The van der Waals surface area contributed by atoms with Crippen LogP contribution in [0.2, 0.25) is 0 Å². The van der Waals surface area contributed by atoms with Crippen LogP contribution in [0.4, 0.5) is 0 Å². The van der Waals surface area contributed by atoms with Gasteiger partial charge < -0.3 is 34.9 Å². The molecule has 0 aliphatic rings. The molecule has 0 heterocycles. The van der Waals surface area contributed by atoms with Gasteiger partial charge >= 0.3 is 160 Å². The predicted octanol–water partition coefficient (Wildman–Crippen LogP) is -11.3. The van der Waals surface area contributed by atoms with Crippen LogP contribution in [0.5, 0.6) is 0 Å². The van der Waals surface area contributed by atoms with E-state index in [-0.39, 0.29) is 179 Å². The molecule has 0 amide bonds. The number of carbonyl (C=O) groups is 3. The molecule has 0 saturated heterocycles. The second kappa shape index (κ2) is 21.2. The second-order valence-corrected chi connectivity index (χ2v) is 6.18. The summed E-state index contributed by atoms with van der Waals surface area (Å²) < 4.78 is 0. The van der Waals surface area contributed by atoms with Crippen LogP contribution in [-0.2, 0) is 14.4 Å². The molecule has 0 saturated carbocycles. The average molecular weight is 489 g/mol. The minimum atomic E-state index is -1.44. The first-order valence-corrected chi connectivity index (χ1v) is 8.56. The van der Waals surface area contributed by atoms with E-state index in [1.807, 2.05) is 6.92 Å². The Balaban J connectivity index is -0.00000104. The van der Waals surface area contributed by atoms with Gasteiger partial charge in [-0.2, -0.15) is 0 Å². The van der Waals surface area contributed by atoms with Crippen molar-refractivity contribution in [2.24, 2.45) is 0 Å². The van der Waals surface area contributed by atoms with Gasteiger partial charge in [0.25, 0.3) is 0 Å². The van der Waals surface area contributed by atoms with E-state index in [2.05, 4.69) is 0 Å². The summed E-state index contributed by atoms with van der Waals surface area (Å²) >= 11 is 0. The van der Waals surface area contributed by atoms with Crippen molar-refractivity contribution in [1.29, 1.82) is 0 Å². The molecule has 3 atom stereocenters. The van der Waals surface area contributed by atoms with Gasteiger partial charge in [-0.3, -0.25) is 9.69 Å². The van der Waals surface area contributed by atoms with Crippen LogP contribution >= 0.6 is 0 Å². The molecular formula is C17H27K3N2O7. The van der Waals surface area contributed by atoms with E-state index in [0.29, 0.717) is 6.42 Å². The molecule has 0 spiro atoms. The van der Waals surface area contributed by atoms with Crippen LogP contribution in [0.3, 0.4) is 0 Å². The van der Waals surface area contributed by atoms with Gasteiger partial charge in [0.2, 0.25) is 0 Å². The topological polar surface area (TPSA) is 147 Å². The fraction of sp³-hybridized carbons (Fsp3) is 0.706. The fourth-order valence-electron chi connectivity index (χ4n) is 2.34. The molecule has 3 unspecified atom stereocenters. The molecule has 9 nitrogen and oxygen atoms in total. The van der Waals surface area contributed by atoms with Crippen LogP contribution in [0.15, 0.2) is 12.0 Å². The zero-order chi connectivity index (χ0) is 20.4. The third-order valence-corrected chi connectivity index (χ3v) is 4.23. The van der Waals surface area contributed by atoms with Gasteiger partial charge in [0.1, 0.15) is 6.04 Å². The molecule has 0 aliphatic heterocycles. The Morgan fingerprint density at radius 2 is 1.38 bits per heavy atom. The van der Waals surface area contributed by atoms with Crippen LogP contribution < -0.4 is 169 Å². The van der Waals surface area contributed by atoms with Gasteiger partial charge in [0, 0.05) is 19.1 Å². The molecule has 0 aromatic rings. The van der Waals surface area contributed by atoms with E-state index in [9.17, 15) is 29.7 Å². The molecule has 0 rings (SSSR count). The van der Waals surface area contributed by atoms with Gasteiger partial charge in [-0.1, -0.05) is 19.8 Å². The summed E-state index contributed by atoms with van der Waals surface area (Å²) in [4.78, 5) is 35.9. The number of carboxylic acid groups (broad SMARTS) is 3. The number of hydrogen-bond acceptors (Lipinski definition) is 8. The number of aliphatic carboxylic acids is 3. The smallest absolute Gasteiger partial charge is 0.874 e. The van der Waals surface area contributed by atoms with Crippen LogP contribution in [0, 0.1) is 0 Å². The molecule has 0 bridgehead atoms. The number of unbranched alkanes of at least 4 members (excludes halogenated alkanes) is 1. The Morgan fingerprint density at radius 3 is 1.76 bits per heavy atom. The zero-order valence-corrected chi connectivity index (χ0v) is 28.0. The van der Waals surface area contributed by atoms with Crippen molar-refractivity contribution in [2.45, 2.75) is 65.1 Å². The van der Waals surface area contributed by atoms with Crippen molar-refractivity contribution in [3.63, 3.8) is 0 Å². The first kappa shape index (κ1) is 38.9. The molecule has 1 N–H and O–H groups in total. The van der Waals surface area contributed by atoms with Gasteiger partial charge in [-0.05, 0) is 33.4 Å². The van der Waals surface area contributed by atoms with E-state index >= 15 is 0 Å². The third kappa shape index (κ3) is 16.0. The second-order valence-electron chi connectivity index (χ2n) is 6.18. The minimum absolute atomic E-state index is 0. The summed E-state index contributed by atoms with van der Waals surface area (Å²) in [5.74, 6) is -4.32. The molecule has 12 heteroatoms. The standard InChI is InChI=1S/C17H30N2O7.3K/c1-5-6-7-14(20)10-18(11(2)15(21)22)8-9-19(12(3)16(23)24)13(4)17(25)26;;;/h10-13,20H,5-9H2,1-4H3,(H,21,22)(H,23,24)(H,25,26);;;/q;3*+1/p-3/b14-10-;;;. The first-order valence-electron chi connectivity index (χ1n) is 8.56. The van der Waals surface area contributed by atoms with Crippen molar-refractivity contribution >= 4 is 17.9 Å². The Kier molecular flexibility index (Phi) is 28.4. The number of hydrogen-bond donors (Lipinski definition) is 1. The average Bonchev–Trinajstić information content (AvgIpc) is 2.57. The molecule has 0 aromatic carbocycles. The zero-order valence-electron chi connectivity index (χ0n) is 18.6. The van der Waals surface area contributed by atoms with Crippen LogP contribution in [0.25, 0.3) is 0 Å².